The topological polar surface area (TPSA) is 84.9 Å². The van der Waals surface area contributed by atoms with E-state index < -0.39 is 11.5 Å². The van der Waals surface area contributed by atoms with Gasteiger partial charge in [0.2, 0.25) is 5.91 Å². The number of amides is 1. The van der Waals surface area contributed by atoms with E-state index >= 15 is 0 Å². The summed E-state index contributed by atoms with van der Waals surface area (Å²) in [7, 11) is 0. The second-order valence-electron chi connectivity index (χ2n) is 11.0. The average molecular weight is 524 g/mol. The number of carbonyl (C=O) groups excluding carboxylic acids is 1. The first kappa shape index (κ1) is 29.5. The first-order valence-electron chi connectivity index (χ1n) is 14.2. The molecule has 1 aliphatic rings. The van der Waals surface area contributed by atoms with Gasteiger partial charge in [0.05, 0.1) is 12.7 Å². The number of carboxylic acid groups (broad SMARTS) is 1. The summed E-state index contributed by atoms with van der Waals surface area (Å²) in [5, 5.41) is 13.0. The largest absolute Gasteiger partial charge is 0.493 e. The normalized spacial score (nSPS) is 16.2. The predicted molar refractivity (Wildman–Crippen MR) is 151 cm³/mol. The third-order valence-corrected chi connectivity index (χ3v) is 7.77. The number of aliphatic carboxylic acids is 1. The molecule has 0 aromatic heterocycles. The summed E-state index contributed by atoms with van der Waals surface area (Å²) >= 11 is 0. The van der Waals surface area contributed by atoms with Gasteiger partial charge in [0.15, 0.2) is 0 Å². The zero-order valence-corrected chi connectivity index (χ0v) is 23.7. The molecular weight excluding hydrogens is 478 g/mol. The molecule has 0 radical (unpaired) electrons. The number of unbranched alkanes of at least 4 members (excludes halogenated alkanes) is 1. The van der Waals surface area contributed by atoms with Crippen LogP contribution in [0.25, 0.3) is 0 Å². The molecule has 0 bridgehead atoms. The Balaban J connectivity index is 1.87. The maximum Gasteiger partial charge on any atom is 0.329 e. The van der Waals surface area contributed by atoms with Gasteiger partial charge in [-0.25, -0.2) is 4.79 Å². The van der Waals surface area contributed by atoms with Crippen LogP contribution in [0, 0.1) is 12.8 Å². The van der Waals surface area contributed by atoms with Crippen molar-refractivity contribution in [2.24, 2.45) is 5.92 Å². The Morgan fingerprint density at radius 3 is 2.29 bits per heavy atom. The summed E-state index contributed by atoms with van der Waals surface area (Å²) in [6.45, 7) is 10.5. The van der Waals surface area contributed by atoms with Crippen LogP contribution < -0.4 is 14.8 Å². The SMILES string of the molecule is CCOc1cc(C(C)C(CCCCc2ccccc2)C(=O)NC2(C(=O)O)CCCC2)cc(OC(C)C)c1C. The minimum atomic E-state index is -1.16. The highest BCUT2D eigenvalue weighted by Gasteiger charge is 2.44. The van der Waals surface area contributed by atoms with Gasteiger partial charge in [-0.15, -0.1) is 0 Å². The number of rotatable bonds is 14. The Bertz CT molecular complexity index is 1060. The second kappa shape index (κ2) is 13.7. The van der Waals surface area contributed by atoms with Crippen LogP contribution in [0.3, 0.4) is 0 Å². The van der Waals surface area contributed by atoms with E-state index in [4.69, 9.17) is 9.47 Å². The Morgan fingerprint density at radius 2 is 1.68 bits per heavy atom. The van der Waals surface area contributed by atoms with Gasteiger partial charge in [0.25, 0.3) is 0 Å². The lowest BCUT2D eigenvalue weighted by Gasteiger charge is -2.31. The van der Waals surface area contributed by atoms with Crippen LogP contribution >= 0.6 is 0 Å². The van der Waals surface area contributed by atoms with Crippen molar-refractivity contribution in [2.45, 2.75) is 104 Å². The number of nitrogens with one attached hydrogen (secondary N) is 1. The fourth-order valence-corrected chi connectivity index (χ4v) is 5.50. The van der Waals surface area contributed by atoms with Gasteiger partial charge in [-0.1, -0.05) is 56.5 Å². The third kappa shape index (κ3) is 7.52. The van der Waals surface area contributed by atoms with E-state index in [-0.39, 0.29) is 23.8 Å². The van der Waals surface area contributed by atoms with Crippen LogP contribution in [0.2, 0.25) is 0 Å². The molecule has 2 aromatic rings. The minimum Gasteiger partial charge on any atom is -0.493 e. The highest BCUT2D eigenvalue weighted by Crippen LogP contribution is 2.38. The van der Waals surface area contributed by atoms with E-state index in [1.165, 1.54) is 5.56 Å². The van der Waals surface area contributed by atoms with Gasteiger partial charge >= 0.3 is 5.97 Å². The molecule has 6 nitrogen and oxygen atoms in total. The summed E-state index contributed by atoms with van der Waals surface area (Å²) in [6.07, 6.45) is 6.06. The lowest BCUT2D eigenvalue weighted by atomic mass is 9.81. The van der Waals surface area contributed by atoms with Crippen LogP contribution in [0.15, 0.2) is 42.5 Å². The summed E-state index contributed by atoms with van der Waals surface area (Å²) in [5.41, 5.74) is 2.03. The van der Waals surface area contributed by atoms with Crippen LogP contribution in [0.4, 0.5) is 0 Å². The van der Waals surface area contributed by atoms with Crippen molar-refractivity contribution in [1.82, 2.24) is 5.32 Å². The van der Waals surface area contributed by atoms with Gasteiger partial charge in [0.1, 0.15) is 17.0 Å². The maximum absolute atomic E-state index is 13.8. The Hall–Kier alpha value is -3.02. The number of carbonyl (C=O) groups is 2. The molecule has 2 unspecified atom stereocenters. The molecule has 2 atom stereocenters. The van der Waals surface area contributed by atoms with Crippen molar-refractivity contribution in [1.29, 1.82) is 0 Å². The fraction of sp³-hybridized carbons (Fsp3) is 0.562. The first-order chi connectivity index (χ1) is 18.2. The smallest absolute Gasteiger partial charge is 0.329 e. The Labute approximate surface area is 228 Å². The highest BCUT2D eigenvalue weighted by atomic mass is 16.5. The molecule has 0 heterocycles. The van der Waals surface area contributed by atoms with E-state index in [9.17, 15) is 14.7 Å². The standard InChI is InChI=1S/C32H45NO5/c1-6-37-28-20-26(21-29(24(28)5)38-22(2)3)23(4)27(17-11-10-16-25-14-8-7-9-15-25)30(34)33-32(31(35)36)18-12-13-19-32/h7-9,14-15,20-23,27H,6,10-13,16-19H2,1-5H3,(H,33,34)(H,35,36). The van der Waals surface area contributed by atoms with Gasteiger partial charge in [-0.2, -0.15) is 0 Å². The number of hydrogen-bond donors (Lipinski definition) is 2. The first-order valence-corrected chi connectivity index (χ1v) is 14.2. The molecule has 38 heavy (non-hydrogen) atoms. The van der Waals surface area contributed by atoms with Crippen LogP contribution in [0.1, 0.15) is 95.2 Å². The molecule has 6 heteroatoms. The van der Waals surface area contributed by atoms with E-state index in [1.807, 2.05) is 58.0 Å². The van der Waals surface area contributed by atoms with Crippen molar-refractivity contribution < 1.29 is 24.2 Å². The average Bonchev–Trinajstić information content (AvgIpc) is 3.36. The van der Waals surface area contributed by atoms with E-state index in [1.54, 1.807) is 0 Å². The second-order valence-corrected chi connectivity index (χ2v) is 11.0. The van der Waals surface area contributed by atoms with Crippen molar-refractivity contribution >= 4 is 11.9 Å². The van der Waals surface area contributed by atoms with Crippen molar-refractivity contribution in [3.63, 3.8) is 0 Å². The van der Waals surface area contributed by atoms with Gasteiger partial charge in [-0.05, 0) is 89.0 Å². The monoisotopic (exact) mass is 523 g/mol. The van der Waals surface area contributed by atoms with Crippen LogP contribution in [-0.2, 0) is 16.0 Å². The lowest BCUT2D eigenvalue weighted by molar-refractivity contribution is -0.148. The zero-order valence-electron chi connectivity index (χ0n) is 23.7. The molecule has 3 rings (SSSR count). The molecule has 1 aliphatic carbocycles. The van der Waals surface area contributed by atoms with E-state index in [0.717, 1.165) is 54.7 Å². The number of benzene rings is 2. The molecule has 1 amide bonds. The summed E-state index contributed by atoms with van der Waals surface area (Å²) in [4.78, 5) is 26.0. The van der Waals surface area contributed by atoms with E-state index in [0.29, 0.717) is 25.9 Å². The molecule has 1 saturated carbocycles. The zero-order chi connectivity index (χ0) is 27.7. The quantitative estimate of drug-likeness (QED) is 0.265. The van der Waals surface area contributed by atoms with Crippen molar-refractivity contribution in [3.8, 4) is 11.5 Å². The van der Waals surface area contributed by atoms with Gasteiger partial charge in [0, 0.05) is 11.5 Å². The van der Waals surface area contributed by atoms with Crippen LogP contribution in [0.5, 0.6) is 11.5 Å². The molecule has 2 N–H and O–H groups in total. The molecule has 208 valence electrons. The minimum absolute atomic E-state index is 0.00334. The fourth-order valence-electron chi connectivity index (χ4n) is 5.50. The van der Waals surface area contributed by atoms with E-state index in [2.05, 4.69) is 24.4 Å². The predicted octanol–water partition coefficient (Wildman–Crippen LogP) is 6.83. The highest BCUT2D eigenvalue weighted by molar-refractivity contribution is 5.88. The molecule has 0 saturated heterocycles. The Morgan fingerprint density at radius 1 is 1.03 bits per heavy atom. The molecule has 1 fully saturated rings. The van der Waals surface area contributed by atoms with Crippen LogP contribution in [-0.4, -0.2) is 35.2 Å². The van der Waals surface area contributed by atoms with Gasteiger partial charge in [-0.3, -0.25) is 4.79 Å². The Kier molecular flexibility index (Phi) is 10.6. The summed E-state index contributed by atoms with van der Waals surface area (Å²) in [5.74, 6) is -0.103. The van der Waals surface area contributed by atoms with Gasteiger partial charge < -0.3 is 19.9 Å². The lowest BCUT2D eigenvalue weighted by Crippen LogP contribution is -2.54. The number of carboxylic acids is 1. The number of aryl methyl sites for hydroxylation is 1. The van der Waals surface area contributed by atoms with Crippen molar-refractivity contribution in [2.75, 3.05) is 6.61 Å². The molecular formula is C32H45NO5. The summed E-state index contributed by atoms with van der Waals surface area (Å²) in [6, 6.07) is 14.4. The van der Waals surface area contributed by atoms with Crippen molar-refractivity contribution in [3.05, 3.63) is 59.2 Å². The number of hydrogen-bond acceptors (Lipinski definition) is 4. The maximum atomic E-state index is 13.8. The summed E-state index contributed by atoms with van der Waals surface area (Å²) < 4.78 is 12.0. The molecule has 0 aliphatic heterocycles. The third-order valence-electron chi connectivity index (χ3n) is 7.77. The number of ether oxygens (including phenoxy) is 2. The molecule has 0 spiro atoms. The molecule has 2 aromatic carbocycles.